The van der Waals surface area contributed by atoms with Crippen molar-refractivity contribution in [3.05, 3.63) is 42.1 Å². The van der Waals surface area contributed by atoms with Crippen LogP contribution in [-0.4, -0.2) is 52.6 Å². The fourth-order valence-electron chi connectivity index (χ4n) is 3.16. The molecule has 0 saturated carbocycles. The zero-order valence-corrected chi connectivity index (χ0v) is 13.6. The van der Waals surface area contributed by atoms with Crippen molar-refractivity contribution in [1.29, 1.82) is 0 Å². The second-order valence-electron chi connectivity index (χ2n) is 6.27. The van der Waals surface area contributed by atoms with Crippen LogP contribution in [-0.2, 0) is 17.8 Å². The van der Waals surface area contributed by atoms with Crippen molar-refractivity contribution in [2.75, 3.05) is 26.7 Å². The minimum Gasteiger partial charge on any atom is -0.468 e. The number of nitrogens with zero attached hydrogens (tertiary/aromatic N) is 3. The van der Waals surface area contributed by atoms with Crippen LogP contribution in [0.5, 0.6) is 0 Å². The van der Waals surface area contributed by atoms with Gasteiger partial charge < -0.3 is 9.32 Å². The summed E-state index contributed by atoms with van der Waals surface area (Å²) in [4.78, 5) is 16.8. The molecule has 0 spiro atoms. The summed E-state index contributed by atoms with van der Waals surface area (Å²) < 4.78 is 5.41. The number of hydrogen-bond acceptors (Lipinski definition) is 4. The molecule has 0 aliphatic carbocycles. The average Bonchev–Trinajstić information content (AvgIpc) is 3.25. The van der Waals surface area contributed by atoms with Gasteiger partial charge in [0.1, 0.15) is 5.76 Å². The monoisotopic (exact) mass is 316 g/mol. The minimum atomic E-state index is 0.0908. The van der Waals surface area contributed by atoms with Gasteiger partial charge in [-0.25, -0.2) is 0 Å². The van der Waals surface area contributed by atoms with Crippen molar-refractivity contribution in [2.45, 2.75) is 25.8 Å². The molecule has 6 heteroatoms. The Bertz CT molecular complexity index is 594. The number of piperidine rings is 1. The van der Waals surface area contributed by atoms with Crippen LogP contribution in [0.25, 0.3) is 0 Å². The van der Waals surface area contributed by atoms with E-state index < -0.39 is 0 Å². The molecule has 1 fully saturated rings. The van der Waals surface area contributed by atoms with Crippen LogP contribution in [0.1, 0.15) is 24.2 Å². The first-order chi connectivity index (χ1) is 11.2. The first-order valence-electron chi connectivity index (χ1n) is 8.20. The van der Waals surface area contributed by atoms with Crippen molar-refractivity contribution in [1.82, 2.24) is 20.0 Å². The van der Waals surface area contributed by atoms with E-state index in [-0.39, 0.29) is 11.8 Å². The molecule has 2 aromatic heterocycles. The molecule has 1 N–H and O–H groups in total. The van der Waals surface area contributed by atoms with E-state index in [1.165, 1.54) is 0 Å². The fourth-order valence-corrected chi connectivity index (χ4v) is 3.16. The smallest absolute Gasteiger partial charge is 0.226 e. The predicted molar refractivity (Wildman–Crippen MR) is 86.6 cm³/mol. The number of aromatic nitrogens is 2. The maximum Gasteiger partial charge on any atom is 0.226 e. The predicted octanol–water partition coefficient (Wildman–Crippen LogP) is 1.92. The number of H-pyrrole nitrogens is 1. The number of rotatable bonds is 6. The third kappa shape index (κ3) is 4.22. The minimum absolute atomic E-state index is 0.0908. The third-order valence-corrected chi connectivity index (χ3v) is 4.48. The number of carbonyl (C=O) groups excluding carboxylic acids is 1. The quantitative estimate of drug-likeness (QED) is 0.884. The number of amides is 1. The third-order valence-electron chi connectivity index (χ3n) is 4.48. The van der Waals surface area contributed by atoms with Crippen LogP contribution in [0.3, 0.4) is 0 Å². The lowest BCUT2D eigenvalue weighted by Crippen LogP contribution is -2.43. The van der Waals surface area contributed by atoms with Crippen molar-refractivity contribution in [3.63, 3.8) is 0 Å². The number of likely N-dealkylation sites (tertiary alicyclic amines) is 1. The summed E-state index contributed by atoms with van der Waals surface area (Å²) >= 11 is 0. The summed E-state index contributed by atoms with van der Waals surface area (Å²) in [5, 5.41) is 6.74. The summed E-state index contributed by atoms with van der Waals surface area (Å²) in [6, 6.07) is 3.90. The van der Waals surface area contributed by atoms with Crippen LogP contribution >= 0.6 is 0 Å². The van der Waals surface area contributed by atoms with Gasteiger partial charge in [-0.2, -0.15) is 5.10 Å². The highest BCUT2D eigenvalue weighted by molar-refractivity contribution is 5.78. The van der Waals surface area contributed by atoms with Crippen LogP contribution in [0.15, 0.2) is 35.2 Å². The van der Waals surface area contributed by atoms with Crippen LogP contribution < -0.4 is 0 Å². The van der Waals surface area contributed by atoms with Gasteiger partial charge in [-0.05, 0) is 43.5 Å². The molecule has 0 unspecified atom stereocenters. The lowest BCUT2D eigenvalue weighted by molar-refractivity contribution is -0.136. The molecule has 2 aromatic rings. The molecule has 1 aliphatic heterocycles. The number of aromatic amines is 1. The Kier molecular flexibility index (Phi) is 5.12. The van der Waals surface area contributed by atoms with Crippen LogP contribution in [0.4, 0.5) is 0 Å². The normalized spacial score (nSPS) is 18.9. The molecule has 6 nitrogen and oxygen atoms in total. The summed E-state index contributed by atoms with van der Waals surface area (Å²) in [5.41, 5.74) is 1.13. The Morgan fingerprint density at radius 1 is 1.57 bits per heavy atom. The second kappa shape index (κ2) is 7.46. The number of carbonyl (C=O) groups is 1. The SMILES string of the molecule is CN(CCc1cn[nH]c1)C(=O)[C@H]1CCCN(Cc2ccco2)C1. The van der Waals surface area contributed by atoms with Gasteiger partial charge in [0.2, 0.25) is 5.91 Å². The number of furan rings is 1. The molecule has 124 valence electrons. The molecule has 3 rings (SSSR count). The van der Waals surface area contributed by atoms with Crippen molar-refractivity contribution < 1.29 is 9.21 Å². The van der Waals surface area contributed by atoms with Gasteiger partial charge >= 0.3 is 0 Å². The largest absolute Gasteiger partial charge is 0.468 e. The van der Waals surface area contributed by atoms with Crippen molar-refractivity contribution in [3.8, 4) is 0 Å². The molecule has 1 aliphatic rings. The van der Waals surface area contributed by atoms with E-state index in [9.17, 15) is 4.79 Å². The van der Waals surface area contributed by atoms with Crippen molar-refractivity contribution in [2.24, 2.45) is 5.92 Å². The van der Waals surface area contributed by atoms with Gasteiger partial charge in [0.25, 0.3) is 0 Å². The zero-order chi connectivity index (χ0) is 16.1. The average molecular weight is 316 g/mol. The standard InChI is InChI=1S/C17H24N4O2/c1-20(8-6-14-10-18-19-11-14)17(22)15-4-2-7-21(12-15)13-16-5-3-9-23-16/h3,5,9-11,15H,2,4,6-8,12-13H2,1H3,(H,18,19)/t15-/m0/s1. The van der Waals surface area contributed by atoms with E-state index in [0.717, 1.165) is 56.8 Å². The highest BCUT2D eigenvalue weighted by Crippen LogP contribution is 2.20. The lowest BCUT2D eigenvalue weighted by atomic mass is 9.96. The molecule has 23 heavy (non-hydrogen) atoms. The molecule has 0 bridgehead atoms. The number of likely N-dealkylation sites (N-methyl/N-ethyl adjacent to an activating group) is 1. The maximum atomic E-state index is 12.7. The highest BCUT2D eigenvalue weighted by Gasteiger charge is 2.28. The molecular weight excluding hydrogens is 292 g/mol. The Morgan fingerprint density at radius 2 is 2.48 bits per heavy atom. The Hall–Kier alpha value is -2.08. The van der Waals surface area contributed by atoms with Gasteiger partial charge in [-0.1, -0.05) is 0 Å². The van der Waals surface area contributed by atoms with Crippen LogP contribution in [0.2, 0.25) is 0 Å². The lowest BCUT2D eigenvalue weighted by Gasteiger charge is -2.33. The molecule has 0 radical (unpaired) electrons. The van der Waals surface area contributed by atoms with Gasteiger partial charge in [0, 0.05) is 26.3 Å². The maximum absolute atomic E-state index is 12.7. The molecule has 1 amide bonds. The van der Waals surface area contributed by atoms with E-state index >= 15 is 0 Å². The molecule has 0 aromatic carbocycles. The summed E-state index contributed by atoms with van der Waals surface area (Å²) in [6.45, 7) is 3.36. The summed E-state index contributed by atoms with van der Waals surface area (Å²) in [7, 11) is 1.90. The summed E-state index contributed by atoms with van der Waals surface area (Å²) in [5.74, 6) is 1.30. The van der Waals surface area contributed by atoms with Crippen molar-refractivity contribution >= 4 is 5.91 Å². The summed E-state index contributed by atoms with van der Waals surface area (Å²) in [6.07, 6.45) is 8.26. The van der Waals surface area contributed by atoms with Gasteiger partial charge in [-0.3, -0.25) is 14.8 Å². The van der Waals surface area contributed by atoms with Gasteiger partial charge in [0.15, 0.2) is 0 Å². The van der Waals surface area contributed by atoms with E-state index in [2.05, 4.69) is 15.1 Å². The van der Waals surface area contributed by atoms with Crippen LogP contribution in [0, 0.1) is 5.92 Å². The fraction of sp³-hybridized carbons (Fsp3) is 0.529. The van der Waals surface area contributed by atoms with E-state index in [0.29, 0.717) is 0 Å². The second-order valence-corrected chi connectivity index (χ2v) is 6.27. The van der Waals surface area contributed by atoms with Gasteiger partial charge in [0.05, 0.1) is 24.9 Å². The van der Waals surface area contributed by atoms with E-state index in [1.807, 2.05) is 36.5 Å². The highest BCUT2D eigenvalue weighted by atomic mass is 16.3. The molecule has 1 saturated heterocycles. The van der Waals surface area contributed by atoms with Gasteiger partial charge in [-0.15, -0.1) is 0 Å². The first kappa shape index (κ1) is 15.8. The van der Waals surface area contributed by atoms with E-state index in [4.69, 9.17) is 4.42 Å². The molecule has 1 atom stereocenters. The molecular formula is C17H24N4O2. The molecule has 3 heterocycles. The Labute approximate surface area is 136 Å². The number of hydrogen-bond donors (Lipinski definition) is 1. The Balaban J connectivity index is 1.49. The zero-order valence-electron chi connectivity index (χ0n) is 13.6. The van der Waals surface area contributed by atoms with E-state index in [1.54, 1.807) is 6.26 Å². The topological polar surface area (TPSA) is 65.4 Å². The Morgan fingerprint density at radius 3 is 3.22 bits per heavy atom. The number of nitrogens with one attached hydrogen (secondary N) is 1. The first-order valence-corrected chi connectivity index (χ1v) is 8.20.